The molecule has 1 saturated heterocycles. The quantitative estimate of drug-likeness (QED) is 0.893. The van der Waals surface area contributed by atoms with E-state index >= 15 is 0 Å². The minimum atomic E-state index is -0.534. The van der Waals surface area contributed by atoms with E-state index in [0.29, 0.717) is 24.1 Å². The smallest absolute Gasteiger partial charge is 0.130 e. The number of hydrogen-bond acceptors (Lipinski definition) is 2. The number of halogens is 2. The molecule has 1 aromatic carbocycles. The van der Waals surface area contributed by atoms with Gasteiger partial charge in [0.25, 0.3) is 0 Å². The molecule has 0 radical (unpaired) electrons. The molecule has 1 aliphatic heterocycles. The number of ether oxygens (including phenoxy) is 1. The number of nitrogens with one attached hydrogen (secondary N) is 1. The molecule has 0 aliphatic carbocycles. The van der Waals surface area contributed by atoms with Crippen molar-refractivity contribution < 1.29 is 13.5 Å². The first-order valence-electron chi connectivity index (χ1n) is 6.42. The number of rotatable bonds is 4. The Morgan fingerprint density at radius 2 is 2.06 bits per heavy atom. The van der Waals surface area contributed by atoms with E-state index in [9.17, 15) is 8.78 Å². The van der Waals surface area contributed by atoms with Crippen LogP contribution >= 0.6 is 0 Å². The van der Waals surface area contributed by atoms with Gasteiger partial charge in [0.1, 0.15) is 11.6 Å². The predicted octanol–water partition coefficient (Wildman–Crippen LogP) is 2.87. The molecule has 100 valence electrons. The summed E-state index contributed by atoms with van der Waals surface area (Å²) in [6.07, 6.45) is 2.08. The Labute approximate surface area is 106 Å². The van der Waals surface area contributed by atoms with Crippen molar-refractivity contribution in [2.75, 3.05) is 13.2 Å². The first kappa shape index (κ1) is 13.4. The normalized spacial score (nSPS) is 18.8. The van der Waals surface area contributed by atoms with E-state index in [1.807, 2.05) is 0 Å². The summed E-state index contributed by atoms with van der Waals surface area (Å²) in [4.78, 5) is 0. The minimum Gasteiger partial charge on any atom is -0.381 e. The summed E-state index contributed by atoms with van der Waals surface area (Å²) < 4.78 is 31.5. The first-order valence-corrected chi connectivity index (χ1v) is 6.42. The molecule has 0 saturated carbocycles. The van der Waals surface area contributed by atoms with Crippen LogP contribution in [0.2, 0.25) is 0 Å². The fraction of sp³-hybridized carbons (Fsp3) is 0.571. The van der Waals surface area contributed by atoms with E-state index in [0.717, 1.165) is 32.1 Å². The minimum absolute atomic E-state index is 0.318. The zero-order valence-corrected chi connectivity index (χ0v) is 10.6. The van der Waals surface area contributed by atoms with Crippen LogP contribution in [0.4, 0.5) is 8.78 Å². The average molecular weight is 255 g/mol. The van der Waals surface area contributed by atoms with Crippen LogP contribution in [-0.4, -0.2) is 19.3 Å². The molecule has 1 heterocycles. The summed E-state index contributed by atoms with van der Waals surface area (Å²) in [6, 6.07) is 4.03. The Hall–Kier alpha value is -1.00. The second kappa shape index (κ2) is 6.25. The Kier molecular flexibility index (Phi) is 4.66. The van der Waals surface area contributed by atoms with Crippen LogP contribution in [0.3, 0.4) is 0 Å². The van der Waals surface area contributed by atoms with E-state index in [2.05, 4.69) is 12.2 Å². The Morgan fingerprint density at radius 3 is 2.72 bits per heavy atom. The van der Waals surface area contributed by atoms with Crippen molar-refractivity contribution in [3.63, 3.8) is 0 Å². The van der Waals surface area contributed by atoms with Crippen molar-refractivity contribution in [3.05, 3.63) is 35.4 Å². The number of benzene rings is 1. The van der Waals surface area contributed by atoms with E-state index in [1.165, 1.54) is 12.1 Å². The molecule has 18 heavy (non-hydrogen) atoms. The van der Waals surface area contributed by atoms with Crippen molar-refractivity contribution in [1.82, 2.24) is 5.32 Å². The highest BCUT2D eigenvalue weighted by atomic mass is 19.1. The van der Waals surface area contributed by atoms with Gasteiger partial charge in [0.05, 0.1) is 0 Å². The fourth-order valence-electron chi connectivity index (χ4n) is 2.32. The first-order chi connectivity index (χ1) is 8.66. The van der Waals surface area contributed by atoms with Crippen molar-refractivity contribution in [1.29, 1.82) is 0 Å². The molecular formula is C14H19F2NO. The van der Waals surface area contributed by atoms with Crippen molar-refractivity contribution in [2.45, 2.75) is 32.4 Å². The Balaban J connectivity index is 1.86. The van der Waals surface area contributed by atoms with Gasteiger partial charge in [-0.2, -0.15) is 0 Å². The molecule has 0 bridgehead atoms. The molecule has 1 N–H and O–H groups in total. The van der Waals surface area contributed by atoms with Crippen LogP contribution in [0.25, 0.3) is 0 Å². The van der Waals surface area contributed by atoms with Gasteiger partial charge < -0.3 is 10.1 Å². The molecule has 1 aliphatic rings. The molecule has 2 rings (SSSR count). The lowest BCUT2D eigenvalue weighted by molar-refractivity contribution is 0.0557. The SMILES string of the molecule is CC(NCc1ccc(F)cc1F)C1CCOCC1. The van der Waals surface area contributed by atoms with Crippen LogP contribution in [0.1, 0.15) is 25.3 Å². The molecule has 0 spiro atoms. The van der Waals surface area contributed by atoms with Gasteiger partial charge in [-0.15, -0.1) is 0 Å². The molecule has 1 atom stereocenters. The Bertz CT molecular complexity index is 391. The van der Waals surface area contributed by atoms with Crippen molar-refractivity contribution in [3.8, 4) is 0 Å². The highest BCUT2D eigenvalue weighted by Crippen LogP contribution is 2.19. The average Bonchev–Trinajstić information content (AvgIpc) is 2.38. The van der Waals surface area contributed by atoms with Crippen LogP contribution in [-0.2, 0) is 11.3 Å². The van der Waals surface area contributed by atoms with E-state index in [4.69, 9.17) is 4.74 Å². The zero-order valence-electron chi connectivity index (χ0n) is 10.6. The standard InChI is InChI=1S/C14H19F2NO/c1-10(11-4-6-18-7-5-11)17-9-12-2-3-13(15)8-14(12)16/h2-3,8,10-11,17H,4-7,9H2,1H3. The maximum atomic E-state index is 13.4. The zero-order chi connectivity index (χ0) is 13.0. The van der Waals surface area contributed by atoms with E-state index < -0.39 is 11.6 Å². The Morgan fingerprint density at radius 1 is 1.33 bits per heavy atom. The molecule has 1 aromatic rings. The van der Waals surface area contributed by atoms with Gasteiger partial charge in [0.15, 0.2) is 0 Å². The molecule has 0 amide bonds. The molecular weight excluding hydrogens is 236 g/mol. The summed E-state index contributed by atoms with van der Waals surface area (Å²) in [6.45, 7) is 4.16. The second-order valence-electron chi connectivity index (χ2n) is 4.86. The van der Waals surface area contributed by atoms with Crippen LogP contribution in [0.5, 0.6) is 0 Å². The van der Waals surface area contributed by atoms with Gasteiger partial charge in [0.2, 0.25) is 0 Å². The van der Waals surface area contributed by atoms with Gasteiger partial charge in [-0.1, -0.05) is 6.07 Å². The lowest BCUT2D eigenvalue weighted by Gasteiger charge is -2.28. The highest BCUT2D eigenvalue weighted by Gasteiger charge is 2.20. The molecule has 1 unspecified atom stereocenters. The van der Waals surface area contributed by atoms with Gasteiger partial charge >= 0.3 is 0 Å². The maximum absolute atomic E-state index is 13.4. The topological polar surface area (TPSA) is 21.3 Å². The third kappa shape index (κ3) is 3.50. The van der Waals surface area contributed by atoms with Gasteiger partial charge in [-0.3, -0.25) is 0 Å². The van der Waals surface area contributed by atoms with Crippen LogP contribution in [0.15, 0.2) is 18.2 Å². The van der Waals surface area contributed by atoms with E-state index in [-0.39, 0.29) is 0 Å². The van der Waals surface area contributed by atoms with Crippen molar-refractivity contribution >= 4 is 0 Å². The highest BCUT2D eigenvalue weighted by molar-refractivity contribution is 5.18. The van der Waals surface area contributed by atoms with E-state index in [1.54, 1.807) is 0 Å². The summed E-state index contributed by atoms with van der Waals surface area (Å²) in [5, 5.41) is 3.31. The van der Waals surface area contributed by atoms with Gasteiger partial charge in [0, 0.05) is 37.4 Å². The fourth-order valence-corrected chi connectivity index (χ4v) is 2.32. The lowest BCUT2D eigenvalue weighted by atomic mass is 9.93. The van der Waals surface area contributed by atoms with Gasteiger partial charge in [-0.05, 0) is 31.7 Å². The van der Waals surface area contributed by atoms with Crippen molar-refractivity contribution in [2.24, 2.45) is 5.92 Å². The molecule has 1 fully saturated rings. The largest absolute Gasteiger partial charge is 0.381 e. The summed E-state index contributed by atoms with van der Waals surface area (Å²) in [7, 11) is 0. The maximum Gasteiger partial charge on any atom is 0.130 e. The predicted molar refractivity (Wildman–Crippen MR) is 66.2 cm³/mol. The molecule has 2 nitrogen and oxygen atoms in total. The van der Waals surface area contributed by atoms with Crippen LogP contribution in [0, 0.1) is 17.6 Å². The third-order valence-electron chi connectivity index (χ3n) is 3.60. The monoisotopic (exact) mass is 255 g/mol. The summed E-state index contributed by atoms with van der Waals surface area (Å²) in [5.41, 5.74) is 0.510. The number of hydrogen-bond donors (Lipinski definition) is 1. The van der Waals surface area contributed by atoms with Gasteiger partial charge in [-0.25, -0.2) is 8.78 Å². The second-order valence-corrected chi connectivity index (χ2v) is 4.86. The summed E-state index contributed by atoms with van der Waals surface area (Å²) >= 11 is 0. The van der Waals surface area contributed by atoms with Crippen LogP contribution < -0.4 is 5.32 Å². The third-order valence-corrected chi connectivity index (χ3v) is 3.60. The molecule has 4 heteroatoms. The molecule has 0 aromatic heterocycles. The summed E-state index contributed by atoms with van der Waals surface area (Å²) in [5.74, 6) is -0.447. The lowest BCUT2D eigenvalue weighted by Crippen LogP contribution is -2.36.